The number of carbonyl (C=O) groups is 1. The summed E-state index contributed by atoms with van der Waals surface area (Å²) in [4.78, 5) is 15.8. The summed E-state index contributed by atoms with van der Waals surface area (Å²) in [6.45, 7) is 5.73. The number of aromatic nitrogens is 1. The van der Waals surface area contributed by atoms with E-state index in [1.165, 1.54) is 0 Å². The molecule has 2 heterocycles. The van der Waals surface area contributed by atoms with E-state index in [9.17, 15) is 4.79 Å². The first kappa shape index (κ1) is 9.19. The highest BCUT2D eigenvalue weighted by Gasteiger charge is 2.32. The molecule has 0 spiro atoms. The van der Waals surface area contributed by atoms with Crippen molar-refractivity contribution in [2.75, 3.05) is 0 Å². The smallest absolute Gasteiger partial charge is 0.172 e. The van der Waals surface area contributed by atoms with Gasteiger partial charge in [-0.3, -0.25) is 9.78 Å². The largest absolute Gasteiger partial charge is 0.487 e. The van der Waals surface area contributed by atoms with Gasteiger partial charge in [-0.1, -0.05) is 0 Å². The minimum absolute atomic E-state index is 0.115. The van der Waals surface area contributed by atoms with E-state index in [1.54, 1.807) is 6.20 Å². The van der Waals surface area contributed by atoms with Gasteiger partial charge in [0.15, 0.2) is 5.78 Å². The second-order valence-corrected chi connectivity index (χ2v) is 4.28. The fourth-order valence-corrected chi connectivity index (χ4v) is 1.64. The van der Waals surface area contributed by atoms with Gasteiger partial charge in [-0.05, 0) is 20.8 Å². The highest BCUT2D eigenvalue weighted by atomic mass is 16.5. The number of hydrogen-bond donors (Lipinski definition) is 0. The average Bonchev–Trinajstić information content (AvgIpc) is 2.00. The van der Waals surface area contributed by atoms with Crippen LogP contribution in [0.3, 0.4) is 0 Å². The Morgan fingerprint density at radius 2 is 2.21 bits per heavy atom. The van der Waals surface area contributed by atoms with Gasteiger partial charge in [0.2, 0.25) is 0 Å². The first-order valence-corrected chi connectivity index (χ1v) is 4.67. The number of aryl methyl sites for hydroxylation is 1. The second kappa shape index (κ2) is 2.80. The van der Waals surface area contributed by atoms with Crippen LogP contribution in [0.25, 0.3) is 0 Å². The van der Waals surface area contributed by atoms with Gasteiger partial charge >= 0.3 is 0 Å². The van der Waals surface area contributed by atoms with E-state index in [1.807, 2.05) is 26.8 Å². The first-order chi connectivity index (χ1) is 6.48. The quantitative estimate of drug-likeness (QED) is 0.630. The van der Waals surface area contributed by atoms with Crippen LogP contribution in [0.15, 0.2) is 12.3 Å². The number of ether oxygens (including phenoxy) is 1. The lowest BCUT2D eigenvalue weighted by Crippen LogP contribution is -2.36. The molecule has 0 aromatic carbocycles. The summed E-state index contributed by atoms with van der Waals surface area (Å²) in [6, 6.07) is 1.81. The van der Waals surface area contributed by atoms with Crippen LogP contribution >= 0.6 is 0 Å². The molecule has 14 heavy (non-hydrogen) atoms. The lowest BCUT2D eigenvalue weighted by molar-refractivity contribution is 0.0618. The van der Waals surface area contributed by atoms with Gasteiger partial charge in [-0.2, -0.15) is 0 Å². The highest BCUT2D eigenvalue weighted by molar-refractivity contribution is 6.00. The van der Waals surface area contributed by atoms with Crippen molar-refractivity contribution in [2.24, 2.45) is 0 Å². The van der Waals surface area contributed by atoms with Crippen molar-refractivity contribution in [1.82, 2.24) is 4.98 Å². The minimum atomic E-state index is -0.391. The maximum absolute atomic E-state index is 11.7. The van der Waals surface area contributed by atoms with Crippen LogP contribution in [0.4, 0.5) is 0 Å². The third-order valence-electron chi connectivity index (χ3n) is 2.28. The van der Waals surface area contributed by atoms with Crippen LogP contribution in [-0.2, 0) is 0 Å². The Morgan fingerprint density at radius 3 is 2.93 bits per heavy atom. The third kappa shape index (κ3) is 1.50. The van der Waals surface area contributed by atoms with Crippen molar-refractivity contribution in [3.63, 3.8) is 0 Å². The summed E-state index contributed by atoms with van der Waals surface area (Å²) >= 11 is 0. The van der Waals surface area contributed by atoms with E-state index in [4.69, 9.17) is 4.74 Å². The standard InChI is InChI=1S/C11H13NO2/c1-7-4-10-8(6-12-7)9(13)5-11(2,3)14-10/h4,6H,5H2,1-3H3. The number of pyridine rings is 1. The summed E-state index contributed by atoms with van der Waals surface area (Å²) in [5.41, 5.74) is 1.09. The topological polar surface area (TPSA) is 39.2 Å². The lowest BCUT2D eigenvalue weighted by atomic mass is 9.94. The second-order valence-electron chi connectivity index (χ2n) is 4.28. The van der Waals surface area contributed by atoms with Gasteiger partial charge in [-0.15, -0.1) is 0 Å². The number of Topliss-reactive ketones (excluding diaryl/α,β-unsaturated/α-hetero) is 1. The zero-order valence-corrected chi connectivity index (χ0v) is 8.63. The minimum Gasteiger partial charge on any atom is -0.487 e. The first-order valence-electron chi connectivity index (χ1n) is 4.67. The lowest BCUT2D eigenvalue weighted by Gasteiger charge is -2.31. The predicted molar refractivity (Wildman–Crippen MR) is 52.6 cm³/mol. The predicted octanol–water partition coefficient (Wildman–Crippen LogP) is 2.13. The van der Waals surface area contributed by atoms with Crippen molar-refractivity contribution in [3.8, 4) is 5.75 Å². The molecule has 0 atom stereocenters. The molecule has 1 aromatic heterocycles. The van der Waals surface area contributed by atoms with Crippen LogP contribution in [0.5, 0.6) is 5.75 Å². The van der Waals surface area contributed by atoms with Crippen LogP contribution in [0.1, 0.15) is 36.3 Å². The molecule has 1 aromatic rings. The van der Waals surface area contributed by atoms with E-state index in [0.29, 0.717) is 17.7 Å². The molecular weight excluding hydrogens is 178 g/mol. The van der Waals surface area contributed by atoms with Gasteiger partial charge < -0.3 is 4.74 Å². The monoisotopic (exact) mass is 191 g/mol. The number of ketones is 1. The molecule has 0 saturated carbocycles. The Hall–Kier alpha value is -1.38. The van der Waals surface area contributed by atoms with Gasteiger partial charge in [0.25, 0.3) is 0 Å². The van der Waals surface area contributed by atoms with Crippen LogP contribution < -0.4 is 4.74 Å². The Kier molecular flexibility index (Phi) is 1.84. The Balaban J connectivity index is 2.51. The Labute approximate surface area is 83.1 Å². The average molecular weight is 191 g/mol. The molecule has 0 N–H and O–H groups in total. The molecule has 0 fully saturated rings. The SMILES string of the molecule is Cc1cc2c(cn1)C(=O)CC(C)(C)O2. The zero-order chi connectivity index (χ0) is 10.3. The van der Waals surface area contributed by atoms with Crippen molar-refractivity contribution in [3.05, 3.63) is 23.5 Å². The molecule has 2 rings (SSSR count). The zero-order valence-electron chi connectivity index (χ0n) is 8.63. The van der Waals surface area contributed by atoms with Crippen molar-refractivity contribution in [2.45, 2.75) is 32.8 Å². The van der Waals surface area contributed by atoms with Gasteiger partial charge in [0.05, 0.1) is 12.0 Å². The number of hydrogen-bond acceptors (Lipinski definition) is 3. The number of nitrogens with zero attached hydrogens (tertiary/aromatic N) is 1. The summed E-state index contributed by atoms with van der Waals surface area (Å²) in [5.74, 6) is 0.780. The van der Waals surface area contributed by atoms with E-state index in [-0.39, 0.29) is 5.78 Å². The molecule has 0 bridgehead atoms. The summed E-state index contributed by atoms with van der Waals surface area (Å²) in [5, 5.41) is 0. The van der Waals surface area contributed by atoms with Crippen LogP contribution in [0.2, 0.25) is 0 Å². The number of carbonyl (C=O) groups excluding carboxylic acids is 1. The summed E-state index contributed by atoms with van der Waals surface area (Å²) < 4.78 is 5.71. The molecule has 0 radical (unpaired) electrons. The molecule has 1 aliphatic heterocycles. The Morgan fingerprint density at radius 1 is 1.50 bits per heavy atom. The molecule has 3 nitrogen and oxygen atoms in total. The summed E-state index contributed by atoms with van der Waals surface area (Å²) in [6.07, 6.45) is 2.02. The van der Waals surface area contributed by atoms with E-state index < -0.39 is 5.60 Å². The van der Waals surface area contributed by atoms with Crippen molar-refractivity contribution >= 4 is 5.78 Å². The molecule has 0 saturated heterocycles. The van der Waals surface area contributed by atoms with Crippen LogP contribution in [-0.4, -0.2) is 16.4 Å². The highest BCUT2D eigenvalue weighted by Crippen LogP contribution is 2.32. The normalized spacial score (nSPS) is 18.6. The molecule has 3 heteroatoms. The molecular formula is C11H13NO2. The fourth-order valence-electron chi connectivity index (χ4n) is 1.64. The number of fused-ring (bicyclic) bond motifs is 1. The van der Waals surface area contributed by atoms with E-state index in [2.05, 4.69) is 4.98 Å². The van der Waals surface area contributed by atoms with E-state index in [0.717, 1.165) is 5.69 Å². The van der Waals surface area contributed by atoms with Gasteiger partial charge in [0, 0.05) is 18.0 Å². The van der Waals surface area contributed by atoms with Crippen LogP contribution in [0, 0.1) is 6.92 Å². The number of rotatable bonds is 0. The molecule has 74 valence electrons. The summed E-state index contributed by atoms with van der Waals surface area (Å²) in [7, 11) is 0. The van der Waals surface area contributed by atoms with Crippen molar-refractivity contribution < 1.29 is 9.53 Å². The van der Waals surface area contributed by atoms with Crippen molar-refractivity contribution in [1.29, 1.82) is 0 Å². The maximum Gasteiger partial charge on any atom is 0.172 e. The van der Waals surface area contributed by atoms with Gasteiger partial charge in [0.1, 0.15) is 11.4 Å². The maximum atomic E-state index is 11.7. The molecule has 0 unspecified atom stereocenters. The third-order valence-corrected chi connectivity index (χ3v) is 2.28. The molecule has 0 amide bonds. The molecule has 0 aliphatic carbocycles. The van der Waals surface area contributed by atoms with Gasteiger partial charge in [-0.25, -0.2) is 0 Å². The fraction of sp³-hybridized carbons (Fsp3) is 0.455. The molecule has 1 aliphatic rings. The van der Waals surface area contributed by atoms with E-state index >= 15 is 0 Å². The Bertz CT molecular complexity index is 396.